The van der Waals surface area contributed by atoms with Gasteiger partial charge in [0, 0.05) is 24.7 Å². The normalized spacial score (nSPS) is 16.4. The van der Waals surface area contributed by atoms with E-state index in [1.807, 2.05) is 6.07 Å². The lowest BCUT2D eigenvalue weighted by molar-refractivity contribution is 0.0945. The van der Waals surface area contributed by atoms with Gasteiger partial charge in [0.25, 0.3) is 5.91 Å². The van der Waals surface area contributed by atoms with E-state index in [0.29, 0.717) is 28.9 Å². The molecule has 1 aromatic rings. The Hall–Kier alpha value is -0.930. The number of carbonyl (C=O) groups excluding carboxylic acids is 1. The lowest BCUT2D eigenvalue weighted by Gasteiger charge is -2.20. The summed E-state index contributed by atoms with van der Waals surface area (Å²) in [6, 6.07) is 5.41. The van der Waals surface area contributed by atoms with Crippen LogP contribution in [0.5, 0.6) is 0 Å². The Morgan fingerprint density at radius 3 is 2.52 bits per heavy atom. The Morgan fingerprint density at radius 1 is 1.13 bits per heavy atom. The highest BCUT2D eigenvalue weighted by Crippen LogP contribution is 2.23. The van der Waals surface area contributed by atoms with Crippen molar-refractivity contribution in [3.05, 3.63) is 28.8 Å². The molecular weight excluding hydrogens is 331 g/mol. The fourth-order valence-corrected chi connectivity index (χ4v) is 3.38. The Balaban J connectivity index is 1.91. The van der Waals surface area contributed by atoms with Gasteiger partial charge < -0.3 is 10.6 Å². The second kappa shape index (κ2) is 10.0. The van der Waals surface area contributed by atoms with E-state index in [0.717, 1.165) is 12.2 Å². The number of halogens is 2. The van der Waals surface area contributed by atoms with Gasteiger partial charge in [0.2, 0.25) is 0 Å². The third-order valence-corrected chi connectivity index (χ3v) is 4.93. The van der Waals surface area contributed by atoms with Crippen molar-refractivity contribution in [3.8, 4) is 0 Å². The minimum Gasteiger partial charge on any atom is -0.384 e. The fraction of sp³-hybridized carbons (Fsp3) is 0.611. The van der Waals surface area contributed by atoms with Gasteiger partial charge >= 0.3 is 0 Å². The summed E-state index contributed by atoms with van der Waals surface area (Å²) < 4.78 is 0. The zero-order valence-corrected chi connectivity index (χ0v) is 15.1. The van der Waals surface area contributed by atoms with Crippen LogP contribution in [0.1, 0.15) is 55.3 Å². The molecule has 0 unspecified atom stereocenters. The second-order valence-electron chi connectivity index (χ2n) is 6.23. The molecule has 23 heavy (non-hydrogen) atoms. The predicted molar refractivity (Wildman–Crippen MR) is 98.8 cm³/mol. The number of nitrogens with one attached hydrogen (secondary N) is 2. The zero-order chi connectivity index (χ0) is 16.5. The molecule has 2 rings (SSSR count). The zero-order valence-electron chi connectivity index (χ0n) is 13.5. The average Bonchev–Trinajstić information content (AvgIpc) is 2.52. The minimum absolute atomic E-state index is 0.0911. The highest BCUT2D eigenvalue weighted by atomic mass is 35.5. The molecule has 0 spiro atoms. The lowest BCUT2D eigenvalue weighted by atomic mass is 9.91. The minimum atomic E-state index is -0.0911. The third-order valence-electron chi connectivity index (χ3n) is 4.41. The van der Waals surface area contributed by atoms with Crippen molar-refractivity contribution in [1.29, 1.82) is 0 Å². The van der Waals surface area contributed by atoms with Crippen molar-refractivity contribution in [3.63, 3.8) is 0 Å². The molecule has 128 valence electrons. The van der Waals surface area contributed by atoms with Gasteiger partial charge in [-0.1, -0.05) is 43.7 Å². The molecular formula is C18H26Cl2N2O. The molecule has 0 bridgehead atoms. The molecule has 1 fully saturated rings. The first-order chi connectivity index (χ1) is 11.2. The molecule has 0 heterocycles. The topological polar surface area (TPSA) is 41.1 Å². The first-order valence-corrected chi connectivity index (χ1v) is 9.49. The summed E-state index contributed by atoms with van der Waals surface area (Å²) in [6.07, 6.45) is 8.99. The van der Waals surface area contributed by atoms with Crippen LogP contribution in [0.15, 0.2) is 18.2 Å². The van der Waals surface area contributed by atoms with Gasteiger partial charge in [-0.15, -0.1) is 11.6 Å². The first-order valence-electron chi connectivity index (χ1n) is 8.58. The summed E-state index contributed by atoms with van der Waals surface area (Å²) in [5.41, 5.74) is 1.39. The largest absolute Gasteiger partial charge is 0.384 e. The summed E-state index contributed by atoms with van der Waals surface area (Å²) in [5, 5.41) is 6.71. The predicted octanol–water partition coefficient (Wildman–Crippen LogP) is 5.08. The van der Waals surface area contributed by atoms with Gasteiger partial charge in [-0.25, -0.2) is 0 Å². The van der Waals surface area contributed by atoms with E-state index in [2.05, 4.69) is 10.6 Å². The van der Waals surface area contributed by atoms with E-state index in [1.165, 1.54) is 44.9 Å². The van der Waals surface area contributed by atoms with E-state index in [4.69, 9.17) is 23.2 Å². The molecule has 1 aliphatic rings. The average molecular weight is 357 g/mol. The molecule has 0 aliphatic heterocycles. The summed E-state index contributed by atoms with van der Waals surface area (Å²) in [5.74, 6) is 1.02. The molecule has 0 aromatic heterocycles. The Kier molecular flexibility index (Phi) is 8.04. The fourth-order valence-electron chi connectivity index (χ4n) is 3.08. The molecule has 5 heteroatoms. The Labute approximate surface area is 149 Å². The van der Waals surface area contributed by atoms with Crippen molar-refractivity contribution in [1.82, 2.24) is 5.32 Å². The van der Waals surface area contributed by atoms with Gasteiger partial charge in [-0.3, -0.25) is 4.79 Å². The van der Waals surface area contributed by atoms with Crippen LogP contribution in [0.4, 0.5) is 5.69 Å². The molecule has 3 nitrogen and oxygen atoms in total. The van der Waals surface area contributed by atoms with E-state index in [-0.39, 0.29) is 5.91 Å². The van der Waals surface area contributed by atoms with Crippen LogP contribution >= 0.6 is 23.2 Å². The Bertz CT molecular complexity index is 500. The van der Waals surface area contributed by atoms with Crippen molar-refractivity contribution >= 4 is 34.8 Å². The number of carbonyl (C=O) groups is 1. The van der Waals surface area contributed by atoms with Gasteiger partial charge in [-0.05, 0) is 37.0 Å². The van der Waals surface area contributed by atoms with Crippen LogP contribution < -0.4 is 10.6 Å². The van der Waals surface area contributed by atoms with Crippen LogP contribution in [0.2, 0.25) is 5.02 Å². The van der Waals surface area contributed by atoms with E-state index in [1.54, 1.807) is 12.1 Å². The molecule has 2 N–H and O–H groups in total. The quantitative estimate of drug-likeness (QED) is 0.697. The number of rotatable bonds is 6. The number of benzene rings is 1. The lowest BCUT2D eigenvalue weighted by Crippen LogP contribution is -2.30. The van der Waals surface area contributed by atoms with Crippen LogP contribution in [0.3, 0.4) is 0 Å². The van der Waals surface area contributed by atoms with Crippen molar-refractivity contribution < 1.29 is 4.79 Å². The molecule has 1 aliphatic carbocycles. The van der Waals surface area contributed by atoms with Gasteiger partial charge in [0.05, 0.1) is 10.6 Å². The van der Waals surface area contributed by atoms with E-state index >= 15 is 0 Å². The summed E-state index contributed by atoms with van der Waals surface area (Å²) in [6.45, 7) is 1.40. The summed E-state index contributed by atoms with van der Waals surface area (Å²) in [7, 11) is 0. The van der Waals surface area contributed by atoms with Crippen LogP contribution in [0, 0.1) is 5.92 Å². The third kappa shape index (κ3) is 6.23. The second-order valence-corrected chi connectivity index (χ2v) is 7.02. The van der Waals surface area contributed by atoms with E-state index in [9.17, 15) is 4.79 Å². The smallest absolute Gasteiger partial charge is 0.252 e. The maximum atomic E-state index is 12.4. The van der Waals surface area contributed by atoms with Gasteiger partial charge in [0.1, 0.15) is 0 Å². The standard InChI is InChI=1S/C18H26Cl2N2O/c19-10-11-21-15-8-9-17(20)16(12-15)18(23)22-13-14-6-4-2-1-3-5-7-14/h8-9,12,14,21H,1-7,10-11,13H2,(H,22,23). The highest BCUT2D eigenvalue weighted by molar-refractivity contribution is 6.34. The molecule has 0 saturated heterocycles. The maximum Gasteiger partial charge on any atom is 0.252 e. The number of alkyl halides is 1. The molecule has 1 saturated carbocycles. The molecule has 1 aromatic carbocycles. The molecule has 1 amide bonds. The van der Waals surface area contributed by atoms with Crippen molar-refractivity contribution in [2.24, 2.45) is 5.92 Å². The summed E-state index contributed by atoms with van der Waals surface area (Å²) >= 11 is 11.9. The number of hydrogen-bond acceptors (Lipinski definition) is 2. The van der Waals surface area contributed by atoms with E-state index < -0.39 is 0 Å². The number of amides is 1. The van der Waals surface area contributed by atoms with Crippen molar-refractivity contribution in [2.45, 2.75) is 44.9 Å². The molecule has 0 radical (unpaired) electrons. The first kappa shape index (κ1) is 18.4. The van der Waals surface area contributed by atoms with Gasteiger partial charge in [0.15, 0.2) is 0 Å². The van der Waals surface area contributed by atoms with Crippen LogP contribution in [-0.2, 0) is 0 Å². The Morgan fingerprint density at radius 2 is 1.83 bits per heavy atom. The monoisotopic (exact) mass is 356 g/mol. The SMILES string of the molecule is O=C(NCC1CCCCCCC1)c1cc(NCCCl)ccc1Cl. The van der Waals surface area contributed by atoms with Gasteiger partial charge in [-0.2, -0.15) is 0 Å². The number of anilines is 1. The molecule has 0 atom stereocenters. The van der Waals surface area contributed by atoms with Crippen molar-refractivity contribution in [2.75, 3.05) is 24.3 Å². The highest BCUT2D eigenvalue weighted by Gasteiger charge is 2.15. The van der Waals surface area contributed by atoms with Crippen LogP contribution in [-0.4, -0.2) is 24.9 Å². The van der Waals surface area contributed by atoms with Crippen LogP contribution in [0.25, 0.3) is 0 Å². The number of hydrogen-bond donors (Lipinski definition) is 2. The maximum absolute atomic E-state index is 12.4. The summed E-state index contributed by atoms with van der Waals surface area (Å²) in [4.78, 5) is 12.4.